The van der Waals surface area contributed by atoms with Crippen LogP contribution in [-0.4, -0.2) is 40.3 Å². The molecule has 0 rings (SSSR count). The van der Waals surface area contributed by atoms with E-state index in [-0.39, 0.29) is 0 Å². The molecule has 122 valence electrons. The van der Waals surface area contributed by atoms with E-state index in [2.05, 4.69) is 16.0 Å². The van der Waals surface area contributed by atoms with Crippen molar-refractivity contribution in [3.05, 3.63) is 0 Å². The highest BCUT2D eigenvalue weighted by Gasteiger charge is 1.88. The normalized spacial score (nSPS) is 8.21. The minimum atomic E-state index is 1.14. The molecular formula is C16H43N3. The number of hydrogen-bond acceptors (Lipinski definition) is 3. The van der Waals surface area contributed by atoms with Crippen LogP contribution in [0.3, 0.4) is 0 Å². The molecule has 0 aliphatic heterocycles. The van der Waals surface area contributed by atoms with Crippen LogP contribution in [0, 0.1) is 0 Å². The number of nitrogens with one attached hydrogen (secondary N) is 3. The fourth-order valence-electron chi connectivity index (χ4n) is 1.23. The van der Waals surface area contributed by atoms with Crippen molar-refractivity contribution < 1.29 is 0 Å². The van der Waals surface area contributed by atoms with Crippen LogP contribution in [0.15, 0.2) is 0 Å². The quantitative estimate of drug-likeness (QED) is 0.533. The minimum Gasteiger partial charge on any atom is -0.320 e. The molecule has 3 nitrogen and oxygen atoms in total. The van der Waals surface area contributed by atoms with Crippen molar-refractivity contribution in [1.29, 1.82) is 0 Å². The molecule has 3 heteroatoms. The van der Waals surface area contributed by atoms with E-state index >= 15 is 0 Å². The lowest BCUT2D eigenvalue weighted by Gasteiger charge is -2.04. The first kappa shape index (κ1) is 27.3. The molecule has 0 bridgehead atoms. The molecule has 0 aromatic carbocycles. The molecule has 0 atom stereocenters. The summed E-state index contributed by atoms with van der Waals surface area (Å²) in [4.78, 5) is 0. The van der Waals surface area contributed by atoms with Crippen LogP contribution >= 0.6 is 0 Å². The molecule has 0 amide bonds. The topological polar surface area (TPSA) is 36.1 Å². The highest BCUT2D eigenvalue weighted by Crippen LogP contribution is 1.86. The molecule has 0 aliphatic rings. The molecule has 3 N–H and O–H groups in total. The molecule has 0 saturated carbocycles. The van der Waals surface area contributed by atoms with Crippen molar-refractivity contribution >= 4 is 0 Å². The summed E-state index contributed by atoms with van der Waals surface area (Å²) in [6, 6.07) is 0. The minimum absolute atomic E-state index is 1.14. The van der Waals surface area contributed by atoms with Crippen LogP contribution in [0.4, 0.5) is 0 Å². The van der Waals surface area contributed by atoms with Crippen molar-refractivity contribution in [2.75, 3.05) is 40.3 Å². The van der Waals surface area contributed by atoms with Gasteiger partial charge in [0.15, 0.2) is 0 Å². The van der Waals surface area contributed by atoms with Crippen LogP contribution in [0.1, 0.15) is 67.2 Å². The average Bonchev–Trinajstić information content (AvgIpc) is 2.52. The zero-order valence-electron chi connectivity index (χ0n) is 15.2. The predicted molar refractivity (Wildman–Crippen MR) is 93.2 cm³/mol. The van der Waals surface area contributed by atoms with Crippen LogP contribution in [0.2, 0.25) is 0 Å². The number of unbranched alkanes of at least 4 members (excludes halogenated alkanes) is 2. The van der Waals surface area contributed by atoms with Gasteiger partial charge in [-0.05, 0) is 66.0 Å². The summed E-state index contributed by atoms with van der Waals surface area (Å²) in [5.41, 5.74) is 0. The second-order valence-electron chi connectivity index (χ2n) is 3.37. The van der Waals surface area contributed by atoms with Crippen molar-refractivity contribution in [3.8, 4) is 0 Å². The highest BCUT2D eigenvalue weighted by atomic mass is 14.9. The third-order valence-electron chi connectivity index (χ3n) is 2.06. The molecule has 19 heavy (non-hydrogen) atoms. The number of hydrogen-bond donors (Lipinski definition) is 3. The van der Waals surface area contributed by atoms with E-state index in [0.717, 1.165) is 13.1 Å². The lowest BCUT2D eigenvalue weighted by Crippen LogP contribution is -2.19. The van der Waals surface area contributed by atoms with Crippen LogP contribution in [0.25, 0.3) is 0 Å². The van der Waals surface area contributed by atoms with Gasteiger partial charge in [-0.1, -0.05) is 41.5 Å². The molecule has 0 spiro atoms. The molecule has 0 saturated heterocycles. The van der Waals surface area contributed by atoms with E-state index in [1.54, 1.807) is 0 Å². The summed E-state index contributed by atoms with van der Waals surface area (Å²) in [5, 5.41) is 9.75. The summed E-state index contributed by atoms with van der Waals surface area (Å²) >= 11 is 0. The maximum absolute atomic E-state index is 3.45. The van der Waals surface area contributed by atoms with E-state index in [1.165, 1.54) is 38.8 Å². The third-order valence-corrected chi connectivity index (χ3v) is 2.06. The van der Waals surface area contributed by atoms with Gasteiger partial charge in [0.1, 0.15) is 0 Å². The molecule has 0 unspecified atom stereocenters. The van der Waals surface area contributed by atoms with Gasteiger partial charge in [-0.3, -0.25) is 0 Å². The largest absolute Gasteiger partial charge is 0.320 e. The van der Waals surface area contributed by atoms with Crippen molar-refractivity contribution in [3.63, 3.8) is 0 Å². The first-order valence-corrected chi connectivity index (χ1v) is 8.41. The van der Waals surface area contributed by atoms with Gasteiger partial charge in [0.05, 0.1) is 0 Å². The third kappa shape index (κ3) is 46.2. The van der Waals surface area contributed by atoms with E-state index in [0.29, 0.717) is 0 Å². The van der Waals surface area contributed by atoms with Gasteiger partial charge < -0.3 is 16.0 Å². The van der Waals surface area contributed by atoms with Crippen molar-refractivity contribution in [2.24, 2.45) is 0 Å². The summed E-state index contributed by atoms with van der Waals surface area (Å²) < 4.78 is 0. The van der Waals surface area contributed by atoms with Gasteiger partial charge in [0.25, 0.3) is 0 Å². The Morgan fingerprint density at radius 3 is 1.00 bits per heavy atom. The number of rotatable bonds is 10. The molecule has 0 heterocycles. The van der Waals surface area contributed by atoms with Gasteiger partial charge in [-0.15, -0.1) is 0 Å². The molecule has 0 aliphatic carbocycles. The summed E-state index contributed by atoms with van der Waals surface area (Å²) in [6.07, 6.45) is 5.12. The van der Waals surface area contributed by atoms with Crippen LogP contribution < -0.4 is 16.0 Å². The first-order chi connectivity index (χ1) is 9.41. The standard InChI is InChI=1S/C10H25N3.3C2H6/c1-11-7-3-5-9-13-10-6-4-8-12-2;3*1-2/h11-13H,3-10H2,1-2H3;3*1-2H3. The smallest absolute Gasteiger partial charge is 0.00484 e. The van der Waals surface area contributed by atoms with E-state index in [1.807, 2.05) is 55.6 Å². The molecule has 0 aromatic rings. The molecular weight excluding hydrogens is 234 g/mol. The lowest BCUT2D eigenvalue weighted by molar-refractivity contribution is 0.573. The Morgan fingerprint density at radius 2 is 0.737 bits per heavy atom. The highest BCUT2D eigenvalue weighted by molar-refractivity contribution is 4.51. The monoisotopic (exact) mass is 277 g/mol. The Labute approximate surface area is 124 Å². The van der Waals surface area contributed by atoms with Gasteiger partial charge in [0, 0.05) is 0 Å². The lowest BCUT2D eigenvalue weighted by atomic mass is 10.3. The molecule has 0 fully saturated rings. The van der Waals surface area contributed by atoms with Crippen molar-refractivity contribution in [2.45, 2.75) is 67.2 Å². The fourth-order valence-corrected chi connectivity index (χ4v) is 1.23. The zero-order chi connectivity index (χ0) is 15.8. The molecule has 0 aromatic heterocycles. The zero-order valence-corrected chi connectivity index (χ0v) is 15.2. The predicted octanol–water partition coefficient (Wildman–Crippen LogP) is 3.65. The van der Waals surface area contributed by atoms with Gasteiger partial charge in [-0.2, -0.15) is 0 Å². The van der Waals surface area contributed by atoms with Crippen LogP contribution in [0.5, 0.6) is 0 Å². The first-order valence-electron chi connectivity index (χ1n) is 8.41. The van der Waals surface area contributed by atoms with E-state index in [9.17, 15) is 0 Å². The Balaban J connectivity index is -0.000000163. The molecule has 0 radical (unpaired) electrons. The maximum atomic E-state index is 3.45. The van der Waals surface area contributed by atoms with Gasteiger partial charge >= 0.3 is 0 Å². The van der Waals surface area contributed by atoms with Gasteiger partial charge in [-0.25, -0.2) is 0 Å². The second-order valence-corrected chi connectivity index (χ2v) is 3.37. The Morgan fingerprint density at radius 1 is 0.474 bits per heavy atom. The SMILES string of the molecule is CC.CC.CC.CNCCCCNCCCCNC. The summed E-state index contributed by atoms with van der Waals surface area (Å²) in [7, 11) is 4.01. The maximum Gasteiger partial charge on any atom is -0.00484 e. The second kappa shape index (κ2) is 43.0. The Hall–Kier alpha value is -0.120. The summed E-state index contributed by atoms with van der Waals surface area (Å²) in [5.74, 6) is 0. The van der Waals surface area contributed by atoms with Crippen molar-refractivity contribution in [1.82, 2.24) is 16.0 Å². The Kier molecular flexibility index (Phi) is 61.7. The van der Waals surface area contributed by atoms with Crippen LogP contribution in [-0.2, 0) is 0 Å². The Bertz CT molecular complexity index is 78.1. The summed E-state index contributed by atoms with van der Waals surface area (Å²) in [6.45, 7) is 16.6. The van der Waals surface area contributed by atoms with E-state index < -0.39 is 0 Å². The van der Waals surface area contributed by atoms with Gasteiger partial charge in [0.2, 0.25) is 0 Å². The average molecular weight is 278 g/mol. The van der Waals surface area contributed by atoms with E-state index in [4.69, 9.17) is 0 Å². The fraction of sp³-hybridized carbons (Fsp3) is 1.00.